The summed E-state index contributed by atoms with van der Waals surface area (Å²) in [6, 6.07) is 0.491. The van der Waals surface area contributed by atoms with Crippen LogP contribution >= 0.6 is 0 Å². The van der Waals surface area contributed by atoms with E-state index >= 15 is 0 Å². The fraction of sp³-hybridized carbons (Fsp3) is 1.00. The Balaban J connectivity index is 2.44. The van der Waals surface area contributed by atoms with Crippen LogP contribution in [0.1, 0.15) is 26.7 Å². The Hall–Kier alpha value is -0.0400. The molecule has 0 radical (unpaired) electrons. The maximum Gasteiger partial charge on any atom is 0.00671 e. The first-order chi connectivity index (χ1) is 3.72. The van der Waals surface area contributed by atoms with Gasteiger partial charge < -0.3 is 5.73 Å². The fourth-order valence-electron chi connectivity index (χ4n) is 1.40. The second kappa shape index (κ2) is 2.06. The largest absolute Gasteiger partial charge is 0.327 e. The minimum Gasteiger partial charge on any atom is -0.327 e. The summed E-state index contributed by atoms with van der Waals surface area (Å²) in [7, 11) is 0. The van der Waals surface area contributed by atoms with E-state index in [2.05, 4.69) is 13.8 Å². The maximum absolute atomic E-state index is 5.77. The summed E-state index contributed by atoms with van der Waals surface area (Å²) in [6.07, 6.45) is 2.57. The molecule has 1 saturated carbocycles. The highest BCUT2D eigenvalue weighted by atomic mass is 14.7. The van der Waals surface area contributed by atoms with Crippen LogP contribution < -0.4 is 5.73 Å². The van der Waals surface area contributed by atoms with Crippen molar-refractivity contribution in [3.63, 3.8) is 0 Å². The van der Waals surface area contributed by atoms with Crippen molar-refractivity contribution in [2.45, 2.75) is 32.7 Å². The normalized spacial score (nSPS) is 47.6. The van der Waals surface area contributed by atoms with Crippen LogP contribution in [0.5, 0.6) is 0 Å². The Kier molecular flexibility index (Phi) is 1.57. The second-order valence-corrected chi connectivity index (χ2v) is 3.08. The molecule has 0 aromatic heterocycles. The Bertz CT molecular complexity index is 70.5. The van der Waals surface area contributed by atoms with Crippen molar-refractivity contribution in [1.29, 1.82) is 0 Å². The molecule has 48 valence electrons. The molecule has 3 atom stereocenters. The molecule has 1 rings (SSSR count). The first-order valence-electron chi connectivity index (χ1n) is 3.47. The summed E-state index contributed by atoms with van der Waals surface area (Å²) < 4.78 is 0. The molecule has 3 unspecified atom stereocenters. The maximum atomic E-state index is 5.77. The van der Waals surface area contributed by atoms with Crippen molar-refractivity contribution in [2.75, 3.05) is 0 Å². The van der Waals surface area contributed by atoms with E-state index in [0.717, 1.165) is 11.8 Å². The van der Waals surface area contributed by atoms with Crippen LogP contribution in [0, 0.1) is 11.8 Å². The zero-order chi connectivity index (χ0) is 6.15. The van der Waals surface area contributed by atoms with Crippen LogP contribution in [0.25, 0.3) is 0 Å². The molecule has 0 aromatic rings. The summed E-state index contributed by atoms with van der Waals surface area (Å²) >= 11 is 0. The lowest BCUT2D eigenvalue weighted by atomic mass is 9.98. The van der Waals surface area contributed by atoms with Gasteiger partial charge in [0.05, 0.1) is 0 Å². The molecule has 1 aliphatic carbocycles. The van der Waals surface area contributed by atoms with Crippen LogP contribution in [0.4, 0.5) is 0 Å². The Morgan fingerprint density at radius 2 is 1.88 bits per heavy atom. The molecule has 0 aliphatic heterocycles. The van der Waals surface area contributed by atoms with Crippen molar-refractivity contribution in [3.8, 4) is 0 Å². The van der Waals surface area contributed by atoms with Gasteiger partial charge in [-0.15, -0.1) is 0 Å². The van der Waals surface area contributed by atoms with E-state index in [1.165, 1.54) is 12.8 Å². The monoisotopic (exact) mass is 113 g/mol. The van der Waals surface area contributed by atoms with Crippen LogP contribution in [-0.4, -0.2) is 6.04 Å². The van der Waals surface area contributed by atoms with Crippen molar-refractivity contribution in [3.05, 3.63) is 0 Å². The summed E-state index contributed by atoms with van der Waals surface area (Å²) in [5.74, 6) is 1.62. The van der Waals surface area contributed by atoms with Gasteiger partial charge in [-0.1, -0.05) is 13.8 Å². The third kappa shape index (κ3) is 0.873. The fourth-order valence-corrected chi connectivity index (χ4v) is 1.40. The topological polar surface area (TPSA) is 26.0 Å². The Morgan fingerprint density at radius 1 is 1.25 bits per heavy atom. The molecule has 0 amide bonds. The minimum absolute atomic E-state index is 0.491. The summed E-state index contributed by atoms with van der Waals surface area (Å²) in [6.45, 7) is 4.54. The molecule has 2 N–H and O–H groups in total. The van der Waals surface area contributed by atoms with Crippen molar-refractivity contribution in [2.24, 2.45) is 17.6 Å². The van der Waals surface area contributed by atoms with E-state index in [9.17, 15) is 0 Å². The third-order valence-electron chi connectivity index (χ3n) is 2.53. The molecule has 0 heterocycles. The van der Waals surface area contributed by atoms with E-state index in [-0.39, 0.29) is 0 Å². The van der Waals surface area contributed by atoms with Gasteiger partial charge in [-0.2, -0.15) is 0 Å². The third-order valence-corrected chi connectivity index (χ3v) is 2.53. The van der Waals surface area contributed by atoms with E-state index in [1.54, 1.807) is 0 Å². The number of hydrogen-bond acceptors (Lipinski definition) is 1. The predicted octanol–water partition coefficient (Wildman–Crippen LogP) is 1.38. The first-order valence-corrected chi connectivity index (χ1v) is 3.47. The van der Waals surface area contributed by atoms with Gasteiger partial charge in [-0.25, -0.2) is 0 Å². The molecule has 0 saturated heterocycles. The van der Waals surface area contributed by atoms with Gasteiger partial charge in [0, 0.05) is 6.04 Å². The van der Waals surface area contributed by atoms with Gasteiger partial charge >= 0.3 is 0 Å². The number of rotatable bonds is 0. The number of hydrogen-bond donors (Lipinski definition) is 1. The average Bonchev–Trinajstić information content (AvgIpc) is 1.98. The standard InChI is InChI=1S/C7H15N/c1-5-3-4-7(8)6(5)2/h5-7H,3-4,8H2,1-2H3. The lowest BCUT2D eigenvalue weighted by Gasteiger charge is -2.11. The van der Waals surface area contributed by atoms with Gasteiger partial charge in [-0.05, 0) is 24.7 Å². The molecule has 0 bridgehead atoms. The lowest BCUT2D eigenvalue weighted by molar-refractivity contribution is 0.422. The second-order valence-electron chi connectivity index (χ2n) is 3.08. The zero-order valence-corrected chi connectivity index (χ0v) is 5.72. The van der Waals surface area contributed by atoms with Crippen LogP contribution in [0.2, 0.25) is 0 Å². The highest BCUT2D eigenvalue weighted by Gasteiger charge is 2.25. The molecular weight excluding hydrogens is 98.1 g/mol. The SMILES string of the molecule is CC1CCC(N)C1C. The zero-order valence-electron chi connectivity index (χ0n) is 5.72. The summed E-state index contributed by atoms with van der Waals surface area (Å²) in [4.78, 5) is 0. The summed E-state index contributed by atoms with van der Waals surface area (Å²) in [5, 5.41) is 0. The van der Waals surface area contributed by atoms with Gasteiger partial charge in [0.15, 0.2) is 0 Å². The molecule has 1 aliphatic rings. The first kappa shape index (κ1) is 6.09. The quantitative estimate of drug-likeness (QED) is 0.504. The molecule has 1 heteroatoms. The lowest BCUT2D eigenvalue weighted by Crippen LogP contribution is -2.24. The van der Waals surface area contributed by atoms with Crippen molar-refractivity contribution >= 4 is 0 Å². The van der Waals surface area contributed by atoms with Crippen LogP contribution in [0.3, 0.4) is 0 Å². The van der Waals surface area contributed by atoms with Crippen LogP contribution in [-0.2, 0) is 0 Å². The van der Waals surface area contributed by atoms with Gasteiger partial charge in [-0.3, -0.25) is 0 Å². The van der Waals surface area contributed by atoms with E-state index in [4.69, 9.17) is 5.73 Å². The average molecular weight is 113 g/mol. The van der Waals surface area contributed by atoms with Crippen molar-refractivity contribution < 1.29 is 0 Å². The molecule has 1 nitrogen and oxygen atoms in total. The van der Waals surface area contributed by atoms with Gasteiger partial charge in [0.1, 0.15) is 0 Å². The minimum atomic E-state index is 0.491. The molecule has 1 fully saturated rings. The smallest absolute Gasteiger partial charge is 0.00671 e. The van der Waals surface area contributed by atoms with Gasteiger partial charge in [0.2, 0.25) is 0 Å². The van der Waals surface area contributed by atoms with Crippen LogP contribution in [0.15, 0.2) is 0 Å². The number of nitrogens with two attached hydrogens (primary N) is 1. The molecule has 8 heavy (non-hydrogen) atoms. The van der Waals surface area contributed by atoms with Gasteiger partial charge in [0.25, 0.3) is 0 Å². The van der Waals surface area contributed by atoms with E-state index < -0.39 is 0 Å². The highest BCUT2D eigenvalue weighted by Crippen LogP contribution is 2.29. The highest BCUT2D eigenvalue weighted by molar-refractivity contribution is 4.81. The predicted molar refractivity (Wildman–Crippen MR) is 35.5 cm³/mol. The molecular formula is C7H15N. The Labute approximate surface area is 51.3 Å². The van der Waals surface area contributed by atoms with E-state index in [1.807, 2.05) is 0 Å². The summed E-state index contributed by atoms with van der Waals surface area (Å²) in [5.41, 5.74) is 5.77. The van der Waals surface area contributed by atoms with Crippen molar-refractivity contribution in [1.82, 2.24) is 0 Å². The molecule has 0 spiro atoms. The van der Waals surface area contributed by atoms with E-state index in [0.29, 0.717) is 6.04 Å². The Morgan fingerprint density at radius 3 is 2.00 bits per heavy atom. The molecule has 0 aromatic carbocycles.